The lowest BCUT2D eigenvalue weighted by Gasteiger charge is -2.18. The van der Waals surface area contributed by atoms with Gasteiger partial charge in [-0.25, -0.2) is 8.78 Å². The highest BCUT2D eigenvalue weighted by Gasteiger charge is 2.27. The Hall–Kier alpha value is -1.76. The van der Waals surface area contributed by atoms with Crippen molar-refractivity contribution in [3.63, 3.8) is 0 Å². The number of nitrogens with zero attached hydrogens (tertiary/aromatic N) is 1. The van der Waals surface area contributed by atoms with Crippen molar-refractivity contribution in [1.29, 1.82) is 0 Å². The number of hydrogen-bond acceptors (Lipinski definition) is 4. The number of rotatable bonds is 5. The predicted octanol–water partition coefficient (Wildman–Crippen LogP) is 2.63. The van der Waals surface area contributed by atoms with Crippen LogP contribution < -0.4 is 10.5 Å². The zero-order valence-corrected chi connectivity index (χ0v) is 10.9. The molecular weight excluding hydrogens is 270 g/mol. The number of nitrogens with two attached hydrogens (primary N) is 1. The second-order valence-electron chi connectivity index (χ2n) is 4.99. The Balaban J connectivity index is 2.08. The van der Waals surface area contributed by atoms with Gasteiger partial charge in [0, 0.05) is 0 Å². The van der Waals surface area contributed by atoms with Crippen molar-refractivity contribution in [2.75, 3.05) is 13.2 Å². The van der Waals surface area contributed by atoms with Gasteiger partial charge in [-0.1, -0.05) is 6.42 Å². The van der Waals surface area contributed by atoms with Gasteiger partial charge in [-0.2, -0.15) is 0 Å². The Morgan fingerprint density at radius 2 is 1.90 bits per heavy atom. The van der Waals surface area contributed by atoms with E-state index in [1.807, 2.05) is 0 Å². The van der Waals surface area contributed by atoms with Gasteiger partial charge in [-0.3, -0.25) is 10.1 Å². The Morgan fingerprint density at radius 3 is 2.45 bits per heavy atom. The summed E-state index contributed by atoms with van der Waals surface area (Å²) in [6.45, 7) is 0.701. The smallest absolute Gasteiger partial charge is 0.275 e. The fourth-order valence-electron chi connectivity index (χ4n) is 2.62. The molecule has 0 amide bonds. The van der Waals surface area contributed by atoms with Crippen molar-refractivity contribution in [2.45, 2.75) is 19.3 Å². The molecule has 20 heavy (non-hydrogen) atoms. The van der Waals surface area contributed by atoms with Gasteiger partial charge in [-0.15, -0.1) is 0 Å². The van der Waals surface area contributed by atoms with Crippen molar-refractivity contribution >= 4 is 5.69 Å². The van der Waals surface area contributed by atoms with E-state index in [2.05, 4.69) is 0 Å². The minimum Gasteiger partial charge on any atom is -0.487 e. The van der Waals surface area contributed by atoms with E-state index in [1.54, 1.807) is 0 Å². The maximum atomic E-state index is 13.6. The zero-order valence-electron chi connectivity index (χ0n) is 10.9. The molecule has 1 aliphatic carbocycles. The Bertz CT molecular complexity index is 487. The summed E-state index contributed by atoms with van der Waals surface area (Å²) in [5.74, 6) is -2.19. The topological polar surface area (TPSA) is 78.4 Å². The average molecular weight is 286 g/mol. The minimum absolute atomic E-state index is 0.174. The second kappa shape index (κ2) is 6.13. The van der Waals surface area contributed by atoms with E-state index in [0.29, 0.717) is 24.6 Å². The Morgan fingerprint density at radius 1 is 1.30 bits per heavy atom. The summed E-state index contributed by atoms with van der Waals surface area (Å²) in [4.78, 5) is 9.63. The second-order valence-corrected chi connectivity index (χ2v) is 4.99. The Labute approximate surface area is 114 Å². The van der Waals surface area contributed by atoms with Crippen LogP contribution in [0.5, 0.6) is 5.75 Å². The average Bonchev–Trinajstić information content (AvgIpc) is 2.84. The molecule has 0 bridgehead atoms. The van der Waals surface area contributed by atoms with Crippen LogP contribution >= 0.6 is 0 Å². The minimum atomic E-state index is -1.06. The molecule has 5 nitrogen and oxygen atoms in total. The molecule has 0 radical (unpaired) electrons. The molecule has 1 aliphatic rings. The molecule has 0 heterocycles. The van der Waals surface area contributed by atoms with Gasteiger partial charge in [0.05, 0.1) is 23.7 Å². The lowest BCUT2D eigenvalue weighted by molar-refractivity contribution is -0.385. The fraction of sp³-hybridized carbons (Fsp3) is 0.538. The molecule has 2 unspecified atom stereocenters. The van der Waals surface area contributed by atoms with E-state index in [-0.39, 0.29) is 12.5 Å². The highest BCUT2D eigenvalue weighted by atomic mass is 19.1. The van der Waals surface area contributed by atoms with Crippen molar-refractivity contribution < 1.29 is 18.4 Å². The number of benzene rings is 1. The summed E-state index contributed by atoms with van der Waals surface area (Å²) in [7, 11) is 0. The van der Waals surface area contributed by atoms with Crippen LogP contribution in [0.2, 0.25) is 0 Å². The lowest BCUT2D eigenvalue weighted by atomic mass is 9.97. The molecule has 2 N–H and O–H groups in total. The van der Waals surface area contributed by atoms with Crippen molar-refractivity contribution in [3.8, 4) is 5.75 Å². The zero-order chi connectivity index (χ0) is 14.7. The molecule has 7 heteroatoms. The van der Waals surface area contributed by atoms with Gasteiger partial charge in [0.25, 0.3) is 5.69 Å². The fourth-order valence-corrected chi connectivity index (χ4v) is 2.62. The number of non-ortho nitro benzene ring substituents is 1. The molecule has 1 saturated carbocycles. The first-order valence-corrected chi connectivity index (χ1v) is 6.49. The van der Waals surface area contributed by atoms with Gasteiger partial charge >= 0.3 is 0 Å². The summed E-state index contributed by atoms with van der Waals surface area (Å²) in [6, 6.07) is 1.32. The third-order valence-electron chi connectivity index (χ3n) is 3.75. The SMILES string of the molecule is NCC1CCCC1COc1c(F)cc([N+](=O)[O-])cc1F. The number of nitro benzene ring substituents is 1. The van der Waals surface area contributed by atoms with E-state index in [9.17, 15) is 18.9 Å². The standard InChI is InChI=1S/C13H16F2N2O3/c14-11-4-10(17(18)19)5-12(15)13(11)20-7-9-3-1-2-8(9)6-16/h4-5,8-9H,1-3,6-7,16H2. The number of halogens is 2. The molecule has 1 fully saturated rings. The van der Waals surface area contributed by atoms with E-state index >= 15 is 0 Å². The van der Waals surface area contributed by atoms with Crippen LogP contribution in [0, 0.1) is 33.6 Å². The molecule has 0 aliphatic heterocycles. The molecule has 0 spiro atoms. The molecule has 2 atom stereocenters. The highest BCUT2D eigenvalue weighted by molar-refractivity contribution is 5.39. The molecule has 0 aromatic heterocycles. The Kier molecular flexibility index (Phi) is 4.49. The van der Waals surface area contributed by atoms with Crippen molar-refractivity contribution in [2.24, 2.45) is 17.6 Å². The van der Waals surface area contributed by atoms with Crippen LogP contribution in [-0.2, 0) is 0 Å². The van der Waals surface area contributed by atoms with Gasteiger partial charge in [0.1, 0.15) is 0 Å². The van der Waals surface area contributed by atoms with Gasteiger partial charge < -0.3 is 10.5 Å². The molecule has 1 aromatic rings. The monoisotopic (exact) mass is 286 g/mol. The van der Waals surface area contributed by atoms with Crippen LogP contribution in [0.1, 0.15) is 19.3 Å². The number of nitro groups is 1. The van der Waals surface area contributed by atoms with Crippen molar-refractivity contribution in [1.82, 2.24) is 0 Å². The third kappa shape index (κ3) is 3.04. The molecule has 0 saturated heterocycles. The first-order chi connectivity index (χ1) is 9.52. The summed E-state index contributed by atoms with van der Waals surface area (Å²) in [6.07, 6.45) is 2.94. The lowest BCUT2D eigenvalue weighted by Crippen LogP contribution is -2.23. The normalized spacial score (nSPS) is 21.9. The van der Waals surface area contributed by atoms with E-state index in [4.69, 9.17) is 10.5 Å². The largest absolute Gasteiger partial charge is 0.487 e. The predicted molar refractivity (Wildman–Crippen MR) is 68.4 cm³/mol. The van der Waals surface area contributed by atoms with Crippen LogP contribution in [-0.4, -0.2) is 18.1 Å². The summed E-state index contributed by atoms with van der Waals surface area (Å²) in [5.41, 5.74) is 5.00. The summed E-state index contributed by atoms with van der Waals surface area (Å²) >= 11 is 0. The van der Waals surface area contributed by atoms with E-state index in [0.717, 1.165) is 19.3 Å². The third-order valence-corrected chi connectivity index (χ3v) is 3.75. The summed E-state index contributed by atoms with van der Waals surface area (Å²) in [5, 5.41) is 10.5. The van der Waals surface area contributed by atoms with Crippen LogP contribution in [0.3, 0.4) is 0 Å². The molecular formula is C13H16F2N2O3. The first-order valence-electron chi connectivity index (χ1n) is 6.49. The van der Waals surface area contributed by atoms with Gasteiger partial charge in [-0.05, 0) is 31.2 Å². The van der Waals surface area contributed by atoms with Crippen LogP contribution in [0.15, 0.2) is 12.1 Å². The highest BCUT2D eigenvalue weighted by Crippen LogP contribution is 2.33. The quantitative estimate of drug-likeness (QED) is 0.666. The van der Waals surface area contributed by atoms with Gasteiger partial charge in [0.2, 0.25) is 0 Å². The maximum absolute atomic E-state index is 13.6. The maximum Gasteiger partial charge on any atom is 0.275 e. The molecule has 1 aromatic carbocycles. The molecule has 110 valence electrons. The summed E-state index contributed by atoms with van der Waals surface area (Å²) < 4.78 is 32.5. The molecule has 2 rings (SSSR count). The number of ether oxygens (including phenoxy) is 1. The van der Waals surface area contributed by atoms with Gasteiger partial charge in [0.15, 0.2) is 17.4 Å². The number of hydrogen-bond donors (Lipinski definition) is 1. The van der Waals surface area contributed by atoms with E-state index in [1.165, 1.54) is 0 Å². The van der Waals surface area contributed by atoms with Crippen LogP contribution in [0.25, 0.3) is 0 Å². The van der Waals surface area contributed by atoms with Crippen LogP contribution in [0.4, 0.5) is 14.5 Å². The van der Waals surface area contributed by atoms with E-state index < -0.39 is 28.0 Å². The first kappa shape index (κ1) is 14.6. The van der Waals surface area contributed by atoms with Crippen molar-refractivity contribution in [3.05, 3.63) is 33.9 Å².